The number of nitro groups is 1. The van der Waals surface area contributed by atoms with Crippen molar-refractivity contribution in [1.29, 1.82) is 0 Å². The van der Waals surface area contributed by atoms with E-state index in [2.05, 4.69) is 25.9 Å². The number of halogens is 3. The highest BCUT2D eigenvalue weighted by Crippen LogP contribution is 2.23. The number of aryl methyl sites for hydroxylation is 1. The monoisotopic (exact) mass is 473 g/mol. The molecule has 1 saturated heterocycles. The van der Waals surface area contributed by atoms with Gasteiger partial charge in [-0.15, -0.1) is 0 Å². The molecule has 150 valence electrons. The molecular formula is C17H18BrClFN5O3. The molecule has 1 aromatic carbocycles. The average Bonchev–Trinajstić information content (AvgIpc) is 3.04. The van der Waals surface area contributed by atoms with Crippen LogP contribution in [0.5, 0.6) is 0 Å². The van der Waals surface area contributed by atoms with Gasteiger partial charge in [0.25, 0.3) is 0 Å². The van der Waals surface area contributed by atoms with Crippen LogP contribution in [0, 0.1) is 15.9 Å². The molecule has 0 spiro atoms. The Kier molecular flexibility index (Phi) is 6.63. The van der Waals surface area contributed by atoms with Crippen molar-refractivity contribution in [2.24, 2.45) is 0 Å². The van der Waals surface area contributed by atoms with Crippen LogP contribution in [-0.2, 0) is 17.9 Å². The summed E-state index contributed by atoms with van der Waals surface area (Å²) in [6, 6.07) is 4.63. The van der Waals surface area contributed by atoms with Crippen molar-refractivity contribution in [2.75, 3.05) is 26.2 Å². The molecule has 0 radical (unpaired) electrons. The number of amides is 1. The largest absolute Gasteiger partial charge is 0.404 e. The minimum Gasteiger partial charge on any atom is -0.358 e. The van der Waals surface area contributed by atoms with Crippen molar-refractivity contribution in [2.45, 2.75) is 19.5 Å². The number of piperazine rings is 1. The third-order valence-electron chi connectivity index (χ3n) is 4.60. The van der Waals surface area contributed by atoms with Gasteiger partial charge in [0, 0.05) is 49.7 Å². The number of nitrogens with zero attached hydrogens (tertiary/aromatic N) is 5. The summed E-state index contributed by atoms with van der Waals surface area (Å²) < 4.78 is 15.6. The Morgan fingerprint density at radius 3 is 2.64 bits per heavy atom. The summed E-state index contributed by atoms with van der Waals surface area (Å²) >= 11 is 9.16. The van der Waals surface area contributed by atoms with Crippen molar-refractivity contribution in [3.63, 3.8) is 0 Å². The van der Waals surface area contributed by atoms with Gasteiger partial charge < -0.3 is 15.0 Å². The zero-order valence-corrected chi connectivity index (χ0v) is 17.2. The van der Waals surface area contributed by atoms with E-state index < -0.39 is 4.92 Å². The number of carbonyl (C=O) groups is 1. The minimum absolute atomic E-state index is 0.0437. The van der Waals surface area contributed by atoms with Crippen molar-refractivity contribution >= 4 is 39.3 Å². The molecule has 0 saturated carbocycles. The van der Waals surface area contributed by atoms with Gasteiger partial charge in [-0.2, -0.15) is 4.68 Å². The summed E-state index contributed by atoms with van der Waals surface area (Å²) in [6.45, 7) is 2.97. The van der Waals surface area contributed by atoms with Crippen LogP contribution < -0.4 is 0 Å². The van der Waals surface area contributed by atoms with E-state index in [1.165, 1.54) is 16.9 Å². The van der Waals surface area contributed by atoms with Crippen LogP contribution in [0.2, 0.25) is 5.02 Å². The lowest BCUT2D eigenvalue weighted by Gasteiger charge is -2.35. The molecule has 1 aromatic heterocycles. The zero-order chi connectivity index (χ0) is 20.3. The van der Waals surface area contributed by atoms with Crippen molar-refractivity contribution in [1.82, 2.24) is 19.6 Å². The van der Waals surface area contributed by atoms with E-state index in [-0.39, 0.29) is 35.0 Å². The molecule has 1 amide bonds. The maximum Gasteiger partial charge on any atom is 0.404 e. The van der Waals surface area contributed by atoms with Crippen molar-refractivity contribution < 1.29 is 14.1 Å². The molecule has 2 aromatic rings. The van der Waals surface area contributed by atoms with Crippen LogP contribution >= 0.6 is 27.5 Å². The molecule has 0 aliphatic carbocycles. The number of hydrogen-bond donors (Lipinski definition) is 0. The lowest BCUT2D eigenvalue weighted by Crippen LogP contribution is -2.48. The van der Waals surface area contributed by atoms with Gasteiger partial charge in [0.15, 0.2) is 0 Å². The van der Waals surface area contributed by atoms with E-state index in [1.807, 2.05) is 0 Å². The zero-order valence-electron chi connectivity index (χ0n) is 14.9. The van der Waals surface area contributed by atoms with Crippen LogP contribution in [0.4, 0.5) is 10.2 Å². The van der Waals surface area contributed by atoms with Gasteiger partial charge in [-0.05, 0) is 33.0 Å². The van der Waals surface area contributed by atoms with E-state index >= 15 is 0 Å². The lowest BCUT2D eigenvalue weighted by atomic mass is 10.1. The quantitative estimate of drug-likeness (QED) is 0.474. The van der Waals surface area contributed by atoms with Crippen molar-refractivity contribution in [3.8, 4) is 0 Å². The summed E-state index contributed by atoms with van der Waals surface area (Å²) in [5, 5.41) is 15.1. The standard InChI is InChI=1S/C17H18BrClFN5O3/c18-13-11-24(21-17(13)25(27)28)5-4-16(26)23-8-6-22(7-9-23)10-12-14(19)2-1-3-15(12)20/h1-3,11H,4-10H2. The Morgan fingerprint density at radius 1 is 1.32 bits per heavy atom. The van der Waals surface area contributed by atoms with E-state index in [4.69, 9.17) is 11.6 Å². The molecule has 0 bridgehead atoms. The van der Waals surface area contributed by atoms with Crippen molar-refractivity contribution in [3.05, 3.63) is 55.4 Å². The number of rotatable bonds is 6. The maximum atomic E-state index is 13.9. The first kappa shape index (κ1) is 20.7. The third kappa shape index (κ3) is 4.86. The molecule has 1 aliphatic rings. The molecule has 1 aliphatic heterocycles. The Bertz CT molecular complexity index is 865. The first-order valence-corrected chi connectivity index (χ1v) is 9.82. The Balaban J connectivity index is 1.48. The lowest BCUT2D eigenvalue weighted by molar-refractivity contribution is -0.390. The van der Waals surface area contributed by atoms with Gasteiger partial charge >= 0.3 is 5.82 Å². The summed E-state index contributed by atoms with van der Waals surface area (Å²) in [4.78, 5) is 26.4. The number of carbonyl (C=O) groups excluding carboxylic acids is 1. The van der Waals surface area contributed by atoms with Gasteiger partial charge in [-0.1, -0.05) is 17.7 Å². The van der Waals surface area contributed by atoms with E-state index in [0.717, 1.165) is 0 Å². The second-order valence-corrected chi connectivity index (χ2v) is 7.69. The average molecular weight is 475 g/mol. The highest BCUT2D eigenvalue weighted by molar-refractivity contribution is 9.10. The number of aromatic nitrogens is 2. The first-order chi connectivity index (χ1) is 13.3. The predicted octanol–water partition coefficient (Wildman–Crippen LogP) is 3.08. The molecule has 3 rings (SSSR count). The SMILES string of the molecule is O=C(CCn1cc(Br)c([N+](=O)[O-])n1)N1CCN(Cc2c(F)cccc2Cl)CC1. The normalized spacial score (nSPS) is 15.0. The second-order valence-electron chi connectivity index (χ2n) is 6.43. The maximum absolute atomic E-state index is 13.9. The highest BCUT2D eigenvalue weighted by atomic mass is 79.9. The third-order valence-corrected chi connectivity index (χ3v) is 5.51. The Morgan fingerprint density at radius 2 is 2.04 bits per heavy atom. The molecule has 8 nitrogen and oxygen atoms in total. The summed E-state index contributed by atoms with van der Waals surface area (Å²) in [7, 11) is 0. The van der Waals surface area contributed by atoms with Gasteiger partial charge in [0.2, 0.25) is 5.91 Å². The van der Waals surface area contributed by atoms with Crippen LogP contribution in [0.3, 0.4) is 0 Å². The molecule has 28 heavy (non-hydrogen) atoms. The molecular weight excluding hydrogens is 457 g/mol. The van der Waals surface area contributed by atoms with E-state index in [1.54, 1.807) is 17.0 Å². The molecule has 1 fully saturated rings. The van der Waals surface area contributed by atoms with Gasteiger partial charge in [-0.25, -0.2) is 4.39 Å². The van der Waals surface area contributed by atoms with Crippen LogP contribution in [0.1, 0.15) is 12.0 Å². The topological polar surface area (TPSA) is 84.5 Å². The number of hydrogen-bond acceptors (Lipinski definition) is 5. The molecule has 0 N–H and O–H groups in total. The second kappa shape index (κ2) is 8.97. The first-order valence-electron chi connectivity index (χ1n) is 8.65. The fourth-order valence-electron chi connectivity index (χ4n) is 3.06. The predicted molar refractivity (Wildman–Crippen MR) is 104 cm³/mol. The molecule has 0 unspecified atom stereocenters. The summed E-state index contributed by atoms with van der Waals surface area (Å²) in [5.74, 6) is -0.642. The van der Waals surface area contributed by atoms with E-state index in [9.17, 15) is 19.3 Å². The molecule has 2 heterocycles. The number of benzene rings is 1. The van der Waals surface area contributed by atoms with Gasteiger partial charge in [0.1, 0.15) is 10.3 Å². The van der Waals surface area contributed by atoms with Crippen LogP contribution in [0.25, 0.3) is 0 Å². The Hall–Kier alpha value is -2.04. The van der Waals surface area contributed by atoms with Crippen LogP contribution in [-0.4, -0.2) is 56.6 Å². The molecule has 0 atom stereocenters. The highest BCUT2D eigenvalue weighted by Gasteiger charge is 2.24. The molecule has 11 heteroatoms. The minimum atomic E-state index is -0.580. The Labute approximate surface area is 174 Å². The smallest absolute Gasteiger partial charge is 0.358 e. The fraction of sp³-hybridized carbons (Fsp3) is 0.412. The fourth-order valence-corrected chi connectivity index (χ4v) is 3.74. The summed E-state index contributed by atoms with van der Waals surface area (Å²) in [6.07, 6.45) is 1.69. The summed E-state index contributed by atoms with van der Waals surface area (Å²) in [5.41, 5.74) is 0.467. The van der Waals surface area contributed by atoms with Crippen LogP contribution in [0.15, 0.2) is 28.9 Å². The van der Waals surface area contributed by atoms with Gasteiger partial charge in [0.05, 0.1) is 17.8 Å². The van der Waals surface area contributed by atoms with Gasteiger partial charge in [-0.3, -0.25) is 9.69 Å². The van der Waals surface area contributed by atoms with E-state index in [0.29, 0.717) is 43.3 Å².